The van der Waals surface area contributed by atoms with E-state index in [2.05, 4.69) is 22.2 Å². The number of rotatable bonds is 6. The molecule has 4 nitrogen and oxygen atoms in total. The number of hydrogen-bond acceptors (Lipinski definition) is 4. The highest BCUT2D eigenvalue weighted by Crippen LogP contribution is 2.15. The lowest BCUT2D eigenvalue weighted by atomic mass is 10.1. The summed E-state index contributed by atoms with van der Waals surface area (Å²) in [7, 11) is 0. The molecule has 0 aliphatic rings. The second-order valence-corrected chi connectivity index (χ2v) is 3.93. The summed E-state index contributed by atoms with van der Waals surface area (Å²) in [6.45, 7) is 3.89. The first-order valence-electron chi connectivity index (χ1n) is 5.41. The summed E-state index contributed by atoms with van der Waals surface area (Å²) >= 11 is 0. The number of hydrogen-bond donors (Lipinski definition) is 2. The van der Waals surface area contributed by atoms with Crippen LogP contribution >= 0.6 is 0 Å². The SMILES string of the molecule is CCCCCC(C)(O)Nc1ncccn1. The second kappa shape index (κ2) is 5.66. The molecule has 1 rings (SSSR count). The molecular formula is C11H19N3O. The van der Waals surface area contributed by atoms with Crippen LogP contribution in [0.1, 0.15) is 39.5 Å². The van der Waals surface area contributed by atoms with E-state index in [1.807, 2.05) is 0 Å². The van der Waals surface area contributed by atoms with E-state index < -0.39 is 5.72 Å². The van der Waals surface area contributed by atoms with E-state index in [1.165, 1.54) is 0 Å². The fourth-order valence-corrected chi connectivity index (χ4v) is 1.39. The minimum absolute atomic E-state index is 0.471. The van der Waals surface area contributed by atoms with Gasteiger partial charge in [0.15, 0.2) is 0 Å². The van der Waals surface area contributed by atoms with Crippen molar-refractivity contribution >= 4 is 5.95 Å². The van der Waals surface area contributed by atoms with Crippen molar-refractivity contribution in [3.63, 3.8) is 0 Å². The zero-order valence-electron chi connectivity index (χ0n) is 9.40. The molecule has 1 aromatic rings. The molecule has 4 heteroatoms. The molecule has 1 aromatic heterocycles. The first kappa shape index (κ1) is 11.9. The van der Waals surface area contributed by atoms with Crippen molar-refractivity contribution in [2.75, 3.05) is 5.32 Å². The summed E-state index contributed by atoms with van der Waals surface area (Å²) in [6, 6.07) is 1.75. The standard InChI is InChI=1S/C11H19N3O/c1-3-4-5-7-11(2,15)14-10-12-8-6-9-13-10/h6,8-9,15H,3-5,7H2,1-2H3,(H,12,13,14). The van der Waals surface area contributed by atoms with Crippen LogP contribution in [0.25, 0.3) is 0 Å². The van der Waals surface area contributed by atoms with Crippen LogP contribution in [0.3, 0.4) is 0 Å². The lowest BCUT2D eigenvalue weighted by molar-refractivity contribution is 0.0768. The molecule has 0 saturated carbocycles. The molecule has 0 amide bonds. The summed E-state index contributed by atoms with van der Waals surface area (Å²) in [5, 5.41) is 12.9. The van der Waals surface area contributed by atoms with Gasteiger partial charge in [0.1, 0.15) is 5.72 Å². The number of aliphatic hydroxyl groups is 1. The number of anilines is 1. The Balaban J connectivity index is 2.42. The molecule has 0 aliphatic heterocycles. The van der Waals surface area contributed by atoms with E-state index in [1.54, 1.807) is 25.4 Å². The van der Waals surface area contributed by atoms with Crippen molar-refractivity contribution in [2.45, 2.75) is 45.3 Å². The summed E-state index contributed by atoms with van der Waals surface area (Å²) in [5.41, 5.74) is -0.920. The third kappa shape index (κ3) is 4.74. The molecule has 1 unspecified atom stereocenters. The fourth-order valence-electron chi connectivity index (χ4n) is 1.39. The van der Waals surface area contributed by atoms with Gasteiger partial charge in [-0.2, -0.15) is 0 Å². The minimum atomic E-state index is -0.920. The smallest absolute Gasteiger partial charge is 0.224 e. The molecule has 15 heavy (non-hydrogen) atoms. The largest absolute Gasteiger partial charge is 0.371 e. The molecule has 0 aromatic carbocycles. The van der Waals surface area contributed by atoms with E-state index in [0.717, 1.165) is 19.3 Å². The number of nitrogens with one attached hydrogen (secondary N) is 1. The highest BCUT2D eigenvalue weighted by molar-refractivity contribution is 5.25. The lowest BCUT2D eigenvalue weighted by Gasteiger charge is -2.24. The van der Waals surface area contributed by atoms with Gasteiger partial charge in [0.2, 0.25) is 5.95 Å². The molecule has 84 valence electrons. The van der Waals surface area contributed by atoms with Crippen LogP contribution in [0, 0.1) is 0 Å². The second-order valence-electron chi connectivity index (χ2n) is 3.93. The first-order chi connectivity index (χ1) is 7.14. The Morgan fingerprint density at radius 3 is 2.60 bits per heavy atom. The van der Waals surface area contributed by atoms with Crippen LogP contribution in [-0.4, -0.2) is 20.8 Å². The first-order valence-corrected chi connectivity index (χ1v) is 5.41. The monoisotopic (exact) mass is 209 g/mol. The van der Waals surface area contributed by atoms with Gasteiger partial charge in [0.25, 0.3) is 0 Å². The zero-order valence-corrected chi connectivity index (χ0v) is 9.40. The van der Waals surface area contributed by atoms with Gasteiger partial charge in [0, 0.05) is 12.4 Å². The molecule has 0 fully saturated rings. The van der Waals surface area contributed by atoms with Gasteiger partial charge < -0.3 is 10.4 Å². The molecular weight excluding hydrogens is 190 g/mol. The van der Waals surface area contributed by atoms with E-state index in [9.17, 15) is 5.11 Å². The third-order valence-corrected chi connectivity index (χ3v) is 2.21. The Kier molecular flexibility index (Phi) is 4.49. The van der Waals surface area contributed by atoms with Crippen LogP contribution in [-0.2, 0) is 0 Å². The number of aromatic nitrogens is 2. The van der Waals surface area contributed by atoms with Gasteiger partial charge in [-0.25, -0.2) is 9.97 Å². The zero-order chi connectivity index (χ0) is 11.1. The Labute approximate surface area is 90.8 Å². The Bertz CT molecular complexity index is 274. The maximum absolute atomic E-state index is 10.0. The van der Waals surface area contributed by atoms with Crippen molar-refractivity contribution in [3.05, 3.63) is 18.5 Å². The predicted molar refractivity (Wildman–Crippen MR) is 60.4 cm³/mol. The summed E-state index contributed by atoms with van der Waals surface area (Å²) in [4.78, 5) is 8.02. The van der Waals surface area contributed by atoms with E-state index in [0.29, 0.717) is 12.4 Å². The van der Waals surface area contributed by atoms with Crippen molar-refractivity contribution in [1.82, 2.24) is 9.97 Å². The quantitative estimate of drug-likeness (QED) is 0.557. The van der Waals surface area contributed by atoms with Crippen molar-refractivity contribution in [3.8, 4) is 0 Å². The molecule has 0 saturated heterocycles. The van der Waals surface area contributed by atoms with Gasteiger partial charge >= 0.3 is 0 Å². The van der Waals surface area contributed by atoms with Gasteiger partial charge in [-0.05, 0) is 25.8 Å². The summed E-state index contributed by atoms with van der Waals surface area (Å²) < 4.78 is 0. The average Bonchev–Trinajstić information content (AvgIpc) is 2.18. The topological polar surface area (TPSA) is 58.0 Å². The summed E-state index contributed by atoms with van der Waals surface area (Å²) in [6.07, 6.45) is 7.29. The van der Waals surface area contributed by atoms with E-state index in [-0.39, 0.29) is 0 Å². The van der Waals surface area contributed by atoms with Gasteiger partial charge in [0.05, 0.1) is 0 Å². The lowest BCUT2D eigenvalue weighted by Crippen LogP contribution is -2.34. The maximum Gasteiger partial charge on any atom is 0.224 e. The Hall–Kier alpha value is -1.16. The molecule has 1 heterocycles. The summed E-state index contributed by atoms with van der Waals surface area (Å²) in [5.74, 6) is 0.471. The normalized spacial score (nSPS) is 14.6. The Morgan fingerprint density at radius 2 is 2.00 bits per heavy atom. The molecule has 0 bridgehead atoms. The van der Waals surface area contributed by atoms with Gasteiger partial charge in [-0.1, -0.05) is 19.8 Å². The van der Waals surface area contributed by atoms with Gasteiger partial charge in [-0.3, -0.25) is 0 Å². The average molecular weight is 209 g/mol. The van der Waals surface area contributed by atoms with E-state index in [4.69, 9.17) is 0 Å². The van der Waals surface area contributed by atoms with Crippen molar-refractivity contribution in [1.29, 1.82) is 0 Å². The van der Waals surface area contributed by atoms with Crippen molar-refractivity contribution in [2.24, 2.45) is 0 Å². The minimum Gasteiger partial charge on any atom is -0.371 e. The molecule has 0 spiro atoms. The van der Waals surface area contributed by atoms with Crippen LogP contribution in [0.15, 0.2) is 18.5 Å². The predicted octanol–water partition coefficient (Wildman–Crippen LogP) is 2.18. The van der Waals surface area contributed by atoms with Crippen LogP contribution in [0.5, 0.6) is 0 Å². The number of nitrogens with zero attached hydrogens (tertiary/aromatic N) is 2. The van der Waals surface area contributed by atoms with Crippen LogP contribution in [0.4, 0.5) is 5.95 Å². The highest BCUT2D eigenvalue weighted by Gasteiger charge is 2.19. The van der Waals surface area contributed by atoms with Crippen LogP contribution in [0.2, 0.25) is 0 Å². The van der Waals surface area contributed by atoms with E-state index >= 15 is 0 Å². The van der Waals surface area contributed by atoms with Crippen LogP contribution < -0.4 is 5.32 Å². The highest BCUT2D eigenvalue weighted by atomic mass is 16.3. The third-order valence-electron chi connectivity index (χ3n) is 2.21. The molecule has 2 N–H and O–H groups in total. The maximum atomic E-state index is 10.0. The molecule has 1 atom stereocenters. The molecule has 0 aliphatic carbocycles. The van der Waals surface area contributed by atoms with Gasteiger partial charge in [-0.15, -0.1) is 0 Å². The molecule has 0 radical (unpaired) electrons. The Morgan fingerprint density at radius 1 is 1.33 bits per heavy atom. The fraction of sp³-hybridized carbons (Fsp3) is 0.636. The van der Waals surface area contributed by atoms with Crippen molar-refractivity contribution < 1.29 is 5.11 Å². The number of unbranched alkanes of at least 4 members (excludes halogenated alkanes) is 2.